The molecule has 1 aromatic rings. The Morgan fingerprint density at radius 1 is 1.27 bits per heavy atom. The first-order chi connectivity index (χ1) is 7.25. The summed E-state index contributed by atoms with van der Waals surface area (Å²) < 4.78 is 6.90. The predicted octanol–water partition coefficient (Wildman–Crippen LogP) is 2.85. The molecule has 0 saturated heterocycles. The molecule has 2 N–H and O–H groups in total. The summed E-state index contributed by atoms with van der Waals surface area (Å²) in [5.74, 6) is 0. The second-order valence-corrected chi connectivity index (χ2v) is 4.99. The Labute approximate surface area is 98.9 Å². The van der Waals surface area contributed by atoms with Crippen molar-refractivity contribution < 1.29 is 4.74 Å². The van der Waals surface area contributed by atoms with Gasteiger partial charge in [0.1, 0.15) is 0 Å². The van der Waals surface area contributed by atoms with Crippen LogP contribution in [0.5, 0.6) is 0 Å². The first-order valence-electron chi connectivity index (χ1n) is 5.37. The summed E-state index contributed by atoms with van der Waals surface area (Å²) in [6.07, 6.45) is 3.67. The lowest BCUT2D eigenvalue weighted by Gasteiger charge is -2.16. The Hall–Kier alpha value is -0.380. The van der Waals surface area contributed by atoms with Gasteiger partial charge in [-0.05, 0) is 37.0 Å². The summed E-state index contributed by atoms with van der Waals surface area (Å²) >= 11 is 3.41. The predicted molar refractivity (Wildman–Crippen MR) is 64.5 cm³/mol. The second-order valence-electron chi connectivity index (χ2n) is 4.07. The van der Waals surface area contributed by atoms with E-state index in [1.54, 1.807) is 0 Å². The lowest BCUT2D eigenvalue weighted by atomic mass is 10.2. The maximum atomic E-state index is 5.93. The first-order valence-corrected chi connectivity index (χ1v) is 6.16. The van der Waals surface area contributed by atoms with E-state index in [-0.39, 0.29) is 12.1 Å². The molecule has 0 heterocycles. The second kappa shape index (κ2) is 5.10. The monoisotopic (exact) mass is 269 g/mol. The largest absolute Gasteiger partial charge is 0.372 e. The molecule has 2 rings (SSSR count). The van der Waals surface area contributed by atoms with Gasteiger partial charge in [-0.1, -0.05) is 28.1 Å². The zero-order valence-corrected chi connectivity index (χ0v) is 10.2. The van der Waals surface area contributed by atoms with E-state index >= 15 is 0 Å². The lowest BCUT2D eigenvalue weighted by molar-refractivity contribution is 0.0357. The SMILES string of the molecule is N[C@@H]1CCC[C@@H]1OCc1ccc(Br)cc1. The molecule has 3 heteroatoms. The van der Waals surface area contributed by atoms with Gasteiger partial charge in [0, 0.05) is 10.5 Å². The van der Waals surface area contributed by atoms with Crippen LogP contribution in [0.15, 0.2) is 28.7 Å². The molecule has 0 aliphatic heterocycles. The molecule has 1 fully saturated rings. The number of hydrogen-bond acceptors (Lipinski definition) is 2. The number of hydrogen-bond donors (Lipinski definition) is 1. The number of halogens is 1. The van der Waals surface area contributed by atoms with Crippen molar-refractivity contribution in [2.24, 2.45) is 5.73 Å². The normalized spacial score (nSPS) is 25.7. The van der Waals surface area contributed by atoms with Gasteiger partial charge in [-0.2, -0.15) is 0 Å². The van der Waals surface area contributed by atoms with Crippen molar-refractivity contribution in [3.05, 3.63) is 34.3 Å². The zero-order chi connectivity index (χ0) is 10.7. The van der Waals surface area contributed by atoms with E-state index < -0.39 is 0 Å². The smallest absolute Gasteiger partial charge is 0.0730 e. The third-order valence-corrected chi connectivity index (χ3v) is 3.41. The van der Waals surface area contributed by atoms with Crippen molar-refractivity contribution in [1.29, 1.82) is 0 Å². The average molecular weight is 270 g/mol. The highest BCUT2D eigenvalue weighted by Crippen LogP contribution is 2.21. The van der Waals surface area contributed by atoms with Crippen LogP contribution in [0, 0.1) is 0 Å². The molecule has 1 aromatic carbocycles. The van der Waals surface area contributed by atoms with Gasteiger partial charge in [-0.3, -0.25) is 0 Å². The Kier molecular flexibility index (Phi) is 3.78. The Balaban J connectivity index is 1.85. The first kappa shape index (κ1) is 11.1. The van der Waals surface area contributed by atoms with Crippen LogP contribution in [0.25, 0.3) is 0 Å². The van der Waals surface area contributed by atoms with Gasteiger partial charge in [0.25, 0.3) is 0 Å². The lowest BCUT2D eigenvalue weighted by Crippen LogP contribution is -2.31. The van der Waals surface area contributed by atoms with Crippen LogP contribution in [0.4, 0.5) is 0 Å². The van der Waals surface area contributed by atoms with Crippen molar-refractivity contribution >= 4 is 15.9 Å². The third-order valence-electron chi connectivity index (χ3n) is 2.88. The van der Waals surface area contributed by atoms with Crippen LogP contribution in [-0.4, -0.2) is 12.1 Å². The molecule has 2 nitrogen and oxygen atoms in total. The van der Waals surface area contributed by atoms with Crippen molar-refractivity contribution in [2.75, 3.05) is 0 Å². The van der Waals surface area contributed by atoms with Crippen molar-refractivity contribution in [1.82, 2.24) is 0 Å². The van der Waals surface area contributed by atoms with E-state index in [9.17, 15) is 0 Å². The minimum absolute atomic E-state index is 0.237. The van der Waals surface area contributed by atoms with Gasteiger partial charge in [-0.15, -0.1) is 0 Å². The fourth-order valence-electron chi connectivity index (χ4n) is 1.95. The Bertz CT molecular complexity index is 312. The van der Waals surface area contributed by atoms with E-state index in [4.69, 9.17) is 10.5 Å². The van der Waals surface area contributed by atoms with Crippen LogP contribution in [0.3, 0.4) is 0 Å². The van der Waals surface area contributed by atoms with Gasteiger partial charge < -0.3 is 10.5 Å². The molecule has 0 aromatic heterocycles. The average Bonchev–Trinajstić information content (AvgIpc) is 2.63. The fourth-order valence-corrected chi connectivity index (χ4v) is 2.21. The van der Waals surface area contributed by atoms with E-state index in [0.29, 0.717) is 6.61 Å². The zero-order valence-electron chi connectivity index (χ0n) is 8.66. The van der Waals surface area contributed by atoms with Gasteiger partial charge in [0.05, 0.1) is 12.7 Å². The minimum atomic E-state index is 0.237. The summed E-state index contributed by atoms with van der Waals surface area (Å²) in [6, 6.07) is 8.45. The van der Waals surface area contributed by atoms with E-state index in [2.05, 4.69) is 28.1 Å². The Morgan fingerprint density at radius 3 is 2.60 bits per heavy atom. The molecule has 0 bridgehead atoms. The standard InChI is InChI=1S/C12H16BrNO/c13-10-6-4-9(5-7-10)8-15-12-3-1-2-11(12)14/h4-7,11-12H,1-3,8,14H2/t11-,12+/m1/s1. The quantitative estimate of drug-likeness (QED) is 0.916. The summed E-state index contributed by atoms with van der Waals surface area (Å²) in [4.78, 5) is 0. The molecule has 0 amide bonds. The number of benzene rings is 1. The summed E-state index contributed by atoms with van der Waals surface area (Å²) in [6.45, 7) is 0.672. The molecular weight excluding hydrogens is 254 g/mol. The number of nitrogens with two attached hydrogens (primary N) is 1. The van der Waals surface area contributed by atoms with Gasteiger partial charge in [0.2, 0.25) is 0 Å². The van der Waals surface area contributed by atoms with Gasteiger partial charge in [-0.25, -0.2) is 0 Å². The molecule has 15 heavy (non-hydrogen) atoms. The van der Waals surface area contributed by atoms with Gasteiger partial charge in [0.15, 0.2) is 0 Å². The summed E-state index contributed by atoms with van der Waals surface area (Å²) in [7, 11) is 0. The van der Waals surface area contributed by atoms with Crippen molar-refractivity contribution in [3.63, 3.8) is 0 Å². The highest BCUT2D eigenvalue weighted by molar-refractivity contribution is 9.10. The summed E-state index contributed by atoms with van der Waals surface area (Å²) in [5, 5.41) is 0. The summed E-state index contributed by atoms with van der Waals surface area (Å²) in [5.41, 5.74) is 7.14. The van der Waals surface area contributed by atoms with Crippen molar-refractivity contribution in [3.8, 4) is 0 Å². The van der Waals surface area contributed by atoms with Crippen LogP contribution in [0.2, 0.25) is 0 Å². The molecular formula is C12H16BrNO. The van der Waals surface area contributed by atoms with Crippen LogP contribution in [-0.2, 0) is 11.3 Å². The Morgan fingerprint density at radius 2 is 2.00 bits per heavy atom. The van der Waals surface area contributed by atoms with E-state index in [1.807, 2.05) is 12.1 Å². The molecule has 0 unspecified atom stereocenters. The maximum absolute atomic E-state index is 5.93. The fraction of sp³-hybridized carbons (Fsp3) is 0.500. The highest BCUT2D eigenvalue weighted by atomic mass is 79.9. The van der Waals surface area contributed by atoms with Crippen LogP contribution in [0.1, 0.15) is 24.8 Å². The molecule has 2 atom stereocenters. The molecule has 1 aliphatic carbocycles. The molecule has 1 saturated carbocycles. The number of ether oxygens (including phenoxy) is 1. The van der Waals surface area contributed by atoms with Crippen molar-refractivity contribution in [2.45, 2.75) is 38.0 Å². The van der Waals surface area contributed by atoms with E-state index in [0.717, 1.165) is 17.3 Å². The highest BCUT2D eigenvalue weighted by Gasteiger charge is 2.24. The maximum Gasteiger partial charge on any atom is 0.0730 e. The topological polar surface area (TPSA) is 35.2 Å². The molecule has 82 valence electrons. The molecule has 1 aliphatic rings. The van der Waals surface area contributed by atoms with Crippen LogP contribution < -0.4 is 5.73 Å². The third kappa shape index (κ3) is 3.03. The molecule has 0 radical (unpaired) electrons. The van der Waals surface area contributed by atoms with Crippen LogP contribution >= 0.6 is 15.9 Å². The molecule has 0 spiro atoms. The minimum Gasteiger partial charge on any atom is -0.372 e. The van der Waals surface area contributed by atoms with E-state index in [1.165, 1.54) is 12.0 Å². The number of rotatable bonds is 3. The van der Waals surface area contributed by atoms with Gasteiger partial charge >= 0.3 is 0 Å².